The Hall–Kier alpha value is -0.433. The fourth-order valence-corrected chi connectivity index (χ4v) is 4.27. The topological polar surface area (TPSA) is 70.8 Å². The molecule has 0 aliphatic carbocycles. The van der Waals surface area contributed by atoms with Crippen LogP contribution < -0.4 is 5.73 Å². The monoisotopic (exact) mass is 307 g/mol. The summed E-state index contributed by atoms with van der Waals surface area (Å²) in [7, 11) is -2.30. The van der Waals surface area contributed by atoms with Crippen molar-refractivity contribution >= 4 is 14.7 Å². The van der Waals surface area contributed by atoms with Crippen molar-refractivity contribution in [1.82, 2.24) is 0 Å². The number of carbonyl (C=O) groups excluding carboxylic acids is 1. The summed E-state index contributed by atoms with van der Waals surface area (Å²) < 4.78 is 16.9. The number of carbonyl (C=O) groups is 1. The Labute approximate surface area is 125 Å². The molecule has 0 radical (unpaired) electrons. The van der Waals surface area contributed by atoms with Gasteiger partial charge in [0.2, 0.25) is 5.91 Å². The summed E-state index contributed by atoms with van der Waals surface area (Å²) in [6.45, 7) is 12.1. The summed E-state index contributed by atoms with van der Waals surface area (Å²) in [5, 5.41) is 0. The second kappa shape index (κ2) is 15.0. The zero-order valence-electron chi connectivity index (χ0n) is 13.9. The number of unbranched alkanes of at least 4 members (excludes halogenated alkanes) is 1. The summed E-state index contributed by atoms with van der Waals surface area (Å²) in [6, 6.07) is 0.919. The first-order valence-electron chi connectivity index (χ1n) is 7.71. The highest BCUT2D eigenvalue weighted by molar-refractivity contribution is 6.60. The van der Waals surface area contributed by atoms with E-state index in [0.717, 1.165) is 25.3 Å². The highest BCUT2D eigenvalue weighted by Crippen LogP contribution is 2.17. The lowest BCUT2D eigenvalue weighted by molar-refractivity contribution is -0.118. The number of amides is 1. The van der Waals surface area contributed by atoms with Crippen LogP contribution in [0.5, 0.6) is 0 Å². The molecule has 0 aromatic carbocycles. The van der Waals surface area contributed by atoms with Gasteiger partial charge in [0.05, 0.1) is 0 Å². The Balaban J connectivity index is 0. The van der Waals surface area contributed by atoms with Gasteiger partial charge >= 0.3 is 8.80 Å². The SMILES string of the molecule is CCCCC(N)=O.CCC[Si](OCC)(OCC)OCC. The van der Waals surface area contributed by atoms with Crippen molar-refractivity contribution in [2.45, 2.75) is 66.3 Å². The third-order valence-electron chi connectivity index (χ3n) is 2.43. The van der Waals surface area contributed by atoms with E-state index in [2.05, 4.69) is 6.92 Å². The number of hydrogen-bond acceptors (Lipinski definition) is 4. The van der Waals surface area contributed by atoms with Gasteiger partial charge in [0.1, 0.15) is 0 Å². The predicted octanol–water partition coefficient (Wildman–Crippen LogP) is 3.11. The van der Waals surface area contributed by atoms with Crippen molar-refractivity contribution in [1.29, 1.82) is 0 Å². The van der Waals surface area contributed by atoms with Gasteiger partial charge in [-0.15, -0.1) is 0 Å². The first-order valence-corrected chi connectivity index (χ1v) is 9.65. The maximum atomic E-state index is 9.98. The van der Waals surface area contributed by atoms with E-state index in [-0.39, 0.29) is 5.91 Å². The first-order chi connectivity index (χ1) is 9.51. The lowest BCUT2D eigenvalue weighted by atomic mass is 10.2. The maximum Gasteiger partial charge on any atom is 0.500 e. The van der Waals surface area contributed by atoms with Crippen molar-refractivity contribution in [3.63, 3.8) is 0 Å². The normalized spacial score (nSPS) is 10.8. The van der Waals surface area contributed by atoms with E-state index >= 15 is 0 Å². The Morgan fingerprint density at radius 2 is 1.35 bits per heavy atom. The predicted molar refractivity (Wildman–Crippen MR) is 84.4 cm³/mol. The third-order valence-corrected chi connectivity index (χ3v) is 5.72. The average molecular weight is 308 g/mol. The van der Waals surface area contributed by atoms with Crippen LogP contribution in [0.3, 0.4) is 0 Å². The number of nitrogens with two attached hydrogens (primary N) is 1. The van der Waals surface area contributed by atoms with E-state index in [9.17, 15) is 4.79 Å². The molecule has 20 heavy (non-hydrogen) atoms. The molecule has 0 fully saturated rings. The van der Waals surface area contributed by atoms with Crippen LogP contribution in [-0.4, -0.2) is 34.5 Å². The van der Waals surface area contributed by atoms with Gasteiger partial charge in [0.25, 0.3) is 0 Å². The van der Waals surface area contributed by atoms with Crippen molar-refractivity contribution < 1.29 is 18.1 Å². The molecule has 0 heterocycles. The minimum atomic E-state index is -2.30. The molecule has 0 aromatic rings. The Morgan fingerprint density at radius 1 is 0.900 bits per heavy atom. The van der Waals surface area contributed by atoms with E-state index in [0.29, 0.717) is 26.2 Å². The molecule has 0 aliphatic heterocycles. The van der Waals surface area contributed by atoms with Crippen molar-refractivity contribution in [2.75, 3.05) is 19.8 Å². The van der Waals surface area contributed by atoms with Gasteiger partial charge in [0, 0.05) is 32.3 Å². The number of primary amides is 1. The minimum absolute atomic E-state index is 0.193. The van der Waals surface area contributed by atoms with Crippen LogP contribution in [0.25, 0.3) is 0 Å². The largest absolute Gasteiger partial charge is 0.500 e. The van der Waals surface area contributed by atoms with Gasteiger partial charge in [-0.25, -0.2) is 0 Å². The molecule has 0 saturated heterocycles. The van der Waals surface area contributed by atoms with E-state index in [1.165, 1.54) is 0 Å². The van der Waals surface area contributed by atoms with Crippen LogP contribution in [-0.2, 0) is 18.1 Å². The molecule has 0 aliphatic rings. The molecular weight excluding hydrogens is 274 g/mol. The highest BCUT2D eigenvalue weighted by atomic mass is 28.4. The fraction of sp³-hybridized carbons (Fsp3) is 0.929. The van der Waals surface area contributed by atoms with Crippen molar-refractivity contribution in [3.05, 3.63) is 0 Å². The molecule has 0 saturated carbocycles. The molecule has 0 atom stereocenters. The summed E-state index contributed by atoms with van der Waals surface area (Å²) >= 11 is 0. The lowest BCUT2D eigenvalue weighted by Crippen LogP contribution is -2.45. The first kappa shape index (κ1) is 21.9. The molecule has 0 unspecified atom stereocenters. The molecule has 0 aromatic heterocycles. The van der Waals surface area contributed by atoms with E-state index < -0.39 is 8.80 Å². The second-order valence-electron chi connectivity index (χ2n) is 4.30. The van der Waals surface area contributed by atoms with E-state index in [4.69, 9.17) is 19.0 Å². The standard InChI is InChI=1S/C9H22O3Si.C5H11NO/c1-5-9-13(10-6-2,11-7-3)12-8-4;1-2-3-4-5(6)7/h5-9H2,1-4H3;2-4H2,1H3,(H2,6,7). The molecule has 122 valence electrons. The van der Waals surface area contributed by atoms with Gasteiger partial charge in [-0.2, -0.15) is 0 Å². The average Bonchev–Trinajstić information content (AvgIpc) is 2.38. The van der Waals surface area contributed by atoms with Crippen molar-refractivity contribution in [2.24, 2.45) is 5.73 Å². The van der Waals surface area contributed by atoms with Crippen LogP contribution in [0.2, 0.25) is 6.04 Å². The molecule has 0 bridgehead atoms. The van der Waals surface area contributed by atoms with Crippen LogP contribution in [0.1, 0.15) is 60.3 Å². The molecule has 5 nitrogen and oxygen atoms in total. The second-order valence-corrected chi connectivity index (χ2v) is 7.03. The van der Waals surface area contributed by atoms with E-state index in [1.807, 2.05) is 27.7 Å². The molecule has 6 heteroatoms. The Bertz CT molecular complexity index is 198. The molecule has 0 spiro atoms. The number of rotatable bonds is 11. The Morgan fingerprint density at radius 3 is 1.55 bits per heavy atom. The lowest BCUT2D eigenvalue weighted by Gasteiger charge is -2.27. The molecule has 0 rings (SSSR count). The molecular formula is C14H33NO4Si. The maximum absolute atomic E-state index is 9.98. The summed E-state index contributed by atoms with van der Waals surface area (Å²) in [5.74, 6) is -0.193. The third kappa shape index (κ3) is 12.6. The smallest absolute Gasteiger partial charge is 0.374 e. The minimum Gasteiger partial charge on any atom is -0.374 e. The quantitative estimate of drug-likeness (QED) is 0.595. The molecule has 2 N–H and O–H groups in total. The van der Waals surface area contributed by atoms with Gasteiger partial charge < -0.3 is 19.0 Å². The number of hydrogen-bond donors (Lipinski definition) is 1. The van der Waals surface area contributed by atoms with Gasteiger partial charge in [-0.05, 0) is 27.2 Å². The zero-order chi connectivity index (χ0) is 15.9. The van der Waals surface area contributed by atoms with Crippen molar-refractivity contribution in [3.8, 4) is 0 Å². The summed E-state index contributed by atoms with van der Waals surface area (Å²) in [5.41, 5.74) is 4.84. The Kier molecular flexibility index (Phi) is 16.4. The van der Waals surface area contributed by atoms with E-state index in [1.54, 1.807) is 0 Å². The fourth-order valence-electron chi connectivity index (χ4n) is 1.66. The van der Waals surface area contributed by atoms with Gasteiger partial charge in [-0.1, -0.05) is 26.7 Å². The van der Waals surface area contributed by atoms with Crippen LogP contribution in [0.4, 0.5) is 0 Å². The summed E-state index contributed by atoms with van der Waals surface area (Å²) in [4.78, 5) is 9.98. The van der Waals surface area contributed by atoms with Gasteiger partial charge in [0.15, 0.2) is 0 Å². The van der Waals surface area contributed by atoms with Crippen LogP contribution in [0.15, 0.2) is 0 Å². The summed E-state index contributed by atoms with van der Waals surface area (Å²) in [6.07, 6.45) is 3.56. The van der Waals surface area contributed by atoms with Crippen LogP contribution in [0, 0.1) is 0 Å². The zero-order valence-corrected chi connectivity index (χ0v) is 14.9. The molecule has 1 amide bonds. The van der Waals surface area contributed by atoms with Crippen LogP contribution >= 0.6 is 0 Å². The highest BCUT2D eigenvalue weighted by Gasteiger charge is 2.38. The van der Waals surface area contributed by atoms with Gasteiger partial charge in [-0.3, -0.25) is 4.79 Å².